The van der Waals surface area contributed by atoms with Gasteiger partial charge in [0.25, 0.3) is 0 Å². The summed E-state index contributed by atoms with van der Waals surface area (Å²) in [6.07, 6.45) is 5.56. The summed E-state index contributed by atoms with van der Waals surface area (Å²) in [7, 11) is 0. The monoisotopic (exact) mass is 165 g/mol. The Bertz CT molecular complexity index is 224. The van der Waals surface area contributed by atoms with Gasteiger partial charge < -0.3 is 11.5 Å². The lowest BCUT2D eigenvalue weighted by molar-refractivity contribution is 0.950. The maximum Gasteiger partial charge on any atom is 0.0329 e. The molecular weight excluding hydrogens is 150 g/mol. The molecule has 1 rings (SSSR count). The van der Waals surface area contributed by atoms with Crippen molar-refractivity contribution in [1.82, 2.24) is 0 Å². The van der Waals surface area contributed by atoms with Gasteiger partial charge in [0.15, 0.2) is 0 Å². The molecule has 1 aliphatic carbocycles. The first-order valence-corrected chi connectivity index (χ1v) is 4.12. The molecule has 12 heavy (non-hydrogen) atoms. The summed E-state index contributed by atoms with van der Waals surface area (Å²) in [5, 5.41) is 0. The molecule has 0 saturated heterocycles. The number of nitrogens with two attached hydrogens (primary N) is 2. The van der Waals surface area contributed by atoms with Crippen molar-refractivity contribution in [2.75, 3.05) is 6.54 Å². The molecule has 1 saturated carbocycles. The van der Waals surface area contributed by atoms with Crippen molar-refractivity contribution >= 4 is 6.21 Å². The fraction of sp³-hybridized carbons (Fsp3) is 0.444. The molecule has 0 aromatic rings. The van der Waals surface area contributed by atoms with Crippen LogP contribution >= 0.6 is 0 Å². The summed E-state index contributed by atoms with van der Waals surface area (Å²) in [6, 6.07) is 0. The van der Waals surface area contributed by atoms with Crippen molar-refractivity contribution < 1.29 is 0 Å². The molecule has 0 unspecified atom stereocenters. The van der Waals surface area contributed by atoms with Crippen LogP contribution in [0, 0.1) is 5.92 Å². The van der Waals surface area contributed by atoms with Gasteiger partial charge in [-0.25, -0.2) is 0 Å². The summed E-state index contributed by atoms with van der Waals surface area (Å²) in [4.78, 5) is 3.90. The fourth-order valence-corrected chi connectivity index (χ4v) is 1.04. The summed E-state index contributed by atoms with van der Waals surface area (Å²) in [5.41, 5.74) is 13.2. The maximum absolute atomic E-state index is 5.85. The number of aliphatic imine (C=N–C) groups is 1. The molecule has 0 heterocycles. The SMILES string of the molecule is C=CN=C/C(CN)=C(\N)C1CC1. The average molecular weight is 165 g/mol. The molecule has 1 aliphatic rings. The molecule has 0 aromatic carbocycles. The Hall–Kier alpha value is -1.09. The van der Waals surface area contributed by atoms with Crippen molar-refractivity contribution in [2.45, 2.75) is 12.8 Å². The lowest BCUT2D eigenvalue weighted by atomic mass is 10.1. The molecule has 1 fully saturated rings. The normalized spacial score (nSPS) is 19.4. The zero-order chi connectivity index (χ0) is 8.97. The van der Waals surface area contributed by atoms with Gasteiger partial charge in [0.2, 0.25) is 0 Å². The number of rotatable bonds is 4. The van der Waals surface area contributed by atoms with Gasteiger partial charge in [-0.15, -0.1) is 0 Å². The third-order valence-corrected chi connectivity index (χ3v) is 1.94. The Morgan fingerprint density at radius 2 is 2.25 bits per heavy atom. The molecule has 3 heteroatoms. The quantitative estimate of drug-likeness (QED) is 0.605. The highest BCUT2D eigenvalue weighted by Crippen LogP contribution is 2.34. The van der Waals surface area contributed by atoms with E-state index in [0.717, 1.165) is 11.3 Å². The minimum atomic E-state index is 0.458. The van der Waals surface area contributed by atoms with E-state index in [-0.39, 0.29) is 0 Å². The maximum atomic E-state index is 5.85. The van der Waals surface area contributed by atoms with E-state index in [9.17, 15) is 0 Å². The standard InChI is InChI=1S/C9H15N3/c1-2-12-6-8(5-10)9(11)7-3-4-7/h2,6-7H,1,3-5,10-11H2/b9-8-,12-6?. The second-order valence-electron chi connectivity index (χ2n) is 2.92. The van der Waals surface area contributed by atoms with E-state index in [4.69, 9.17) is 11.5 Å². The zero-order valence-corrected chi connectivity index (χ0v) is 7.16. The molecule has 0 radical (unpaired) electrons. The Kier molecular flexibility index (Phi) is 3.05. The number of hydrogen-bond donors (Lipinski definition) is 2. The van der Waals surface area contributed by atoms with E-state index in [1.165, 1.54) is 19.0 Å². The minimum absolute atomic E-state index is 0.458. The van der Waals surface area contributed by atoms with Gasteiger partial charge in [0.05, 0.1) is 0 Å². The highest BCUT2D eigenvalue weighted by atomic mass is 14.7. The lowest BCUT2D eigenvalue weighted by Gasteiger charge is -2.02. The van der Waals surface area contributed by atoms with Crippen LogP contribution in [0.1, 0.15) is 12.8 Å². The van der Waals surface area contributed by atoms with Crippen LogP contribution < -0.4 is 11.5 Å². The fourth-order valence-electron chi connectivity index (χ4n) is 1.04. The summed E-state index contributed by atoms with van der Waals surface area (Å²) >= 11 is 0. The van der Waals surface area contributed by atoms with Crippen molar-refractivity contribution in [3.8, 4) is 0 Å². The first kappa shape index (κ1) is 9.00. The molecule has 0 atom stereocenters. The molecule has 3 nitrogen and oxygen atoms in total. The highest BCUT2D eigenvalue weighted by Gasteiger charge is 2.25. The highest BCUT2D eigenvalue weighted by molar-refractivity contribution is 5.80. The molecule has 4 N–H and O–H groups in total. The van der Waals surface area contributed by atoms with Crippen LogP contribution in [0.4, 0.5) is 0 Å². The second kappa shape index (κ2) is 4.07. The van der Waals surface area contributed by atoms with Crippen LogP contribution in [-0.2, 0) is 0 Å². The summed E-state index contributed by atoms with van der Waals surface area (Å²) < 4.78 is 0. The Labute approximate surface area is 72.8 Å². The second-order valence-corrected chi connectivity index (χ2v) is 2.92. The first-order valence-electron chi connectivity index (χ1n) is 4.12. The van der Waals surface area contributed by atoms with Gasteiger partial charge in [-0.1, -0.05) is 6.58 Å². The van der Waals surface area contributed by atoms with E-state index >= 15 is 0 Å². The van der Waals surface area contributed by atoms with Crippen molar-refractivity contribution in [3.63, 3.8) is 0 Å². The number of allylic oxidation sites excluding steroid dienone is 1. The average Bonchev–Trinajstić information content (AvgIpc) is 2.88. The van der Waals surface area contributed by atoms with Crippen molar-refractivity contribution in [2.24, 2.45) is 22.4 Å². The molecule has 0 spiro atoms. The molecule has 0 bridgehead atoms. The first-order chi connectivity index (χ1) is 5.79. The molecular formula is C9H15N3. The van der Waals surface area contributed by atoms with Gasteiger partial charge in [-0.2, -0.15) is 0 Å². The smallest absolute Gasteiger partial charge is 0.0329 e. The number of hydrogen-bond acceptors (Lipinski definition) is 3. The molecule has 0 amide bonds. The zero-order valence-electron chi connectivity index (χ0n) is 7.16. The minimum Gasteiger partial charge on any atom is -0.402 e. The predicted octanol–water partition coefficient (Wildman–Crippen LogP) is 0.782. The predicted molar refractivity (Wildman–Crippen MR) is 51.7 cm³/mol. The summed E-state index contributed by atoms with van der Waals surface area (Å²) in [5.74, 6) is 0.555. The Balaban J connectivity index is 2.69. The number of nitrogens with zero attached hydrogens (tertiary/aromatic N) is 1. The van der Waals surface area contributed by atoms with E-state index in [0.29, 0.717) is 12.5 Å². The lowest BCUT2D eigenvalue weighted by Crippen LogP contribution is -2.13. The van der Waals surface area contributed by atoms with Gasteiger partial charge in [0.1, 0.15) is 0 Å². The van der Waals surface area contributed by atoms with Gasteiger partial charge in [-0.05, 0) is 18.8 Å². The molecule has 0 aliphatic heterocycles. The van der Waals surface area contributed by atoms with Crippen LogP contribution in [0.3, 0.4) is 0 Å². The third-order valence-electron chi connectivity index (χ3n) is 1.94. The van der Waals surface area contributed by atoms with E-state index in [1.54, 1.807) is 6.21 Å². The van der Waals surface area contributed by atoms with E-state index in [1.807, 2.05) is 0 Å². The van der Waals surface area contributed by atoms with E-state index < -0.39 is 0 Å². The molecule has 66 valence electrons. The third kappa shape index (κ3) is 2.20. The van der Waals surface area contributed by atoms with Crippen LogP contribution in [0.2, 0.25) is 0 Å². The van der Waals surface area contributed by atoms with Crippen molar-refractivity contribution in [3.05, 3.63) is 24.0 Å². The topological polar surface area (TPSA) is 64.4 Å². The molecule has 0 aromatic heterocycles. The summed E-state index contributed by atoms with van der Waals surface area (Å²) in [6.45, 7) is 3.94. The van der Waals surface area contributed by atoms with Crippen LogP contribution in [0.25, 0.3) is 0 Å². The van der Waals surface area contributed by atoms with Crippen LogP contribution in [0.5, 0.6) is 0 Å². The van der Waals surface area contributed by atoms with Gasteiger partial charge in [-0.3, -0.25) is 4.99 Å². The van der Waals surface area contributed by atoms with E-state index in [2.05, 4.69) is 11.6 Å². The Morgan fingerprint density at radius 1 is 1.58 bits per heavy atom. The van der Waals surface area contributed by atoms with Gasteiger partial charge >= 0.3 is 0 Å². The van der Waals surface area contributed by atoms with Gasteiger partial charge in [0, 0.05) is 30.2 Å². The Morgan fingerprint density at radius 3 is 2.67 bits per heavy atom. The van der Waals surface area contributed by atoms with Crippen molar-refractivity contribution in [1.29, 1.82) is 0 Å². The van der Waals surface area contributed by atoms with Crippen LogP contribution in [-0.4, -0.2) is 12.8 Å². The largest absolute Gasteiger partial charge is 0.402 e. The van der Waals surface area contributed by atoms with Crippen LogP contribution in [0.15, 0.2) is 29.0 Å².